The van der Waals surface area contributed by atoms with Crippen molar-refractivity contribution in [1.82, 2.24) is 9.97 Å². The molecule has 1 N–H and O–H groups in total. The van der Waals surface area contributed by atoms with Gasteiger partial charge < -0.3 is 0 Å². The predicted molar refractivity (Wildman–Crippen MR) is 99.0 cm³/mol. The molecular formula is C16H11Br2N3OS. The molecule has 2 heterocycles. The van der Waals surface area contributed by atoms with Gasteiger partial charge in [-0.3, -0.25) is 15.1 Å². The van der Waals surface area contributed by atoms with Gasteiger partial charge >= 0.3 is 0 Å². The van der Waals surface area contributed by atoms with Gasteiger partial charge in [0, 0.05) is 38.8 Å². The van der Waals surface area contributed by atoms with Crippen molar-refractivity contribution in [2.24, 2.45) is 0 Å². The third-order valence-corrected chi connectivity index (χ3v) is 5.18. The second kappa shape index (κ2) is 7.33. The van der Waals surface area contributed by atoms with Crippen molar-refractivity contribution in [3.8, 4) is 0 Å². The first-order chi connectivity index (χ1) is 11.1. The fraction of sp³-hybridized carbons (Fsp3) is 0.0625. The highest BCUT2D eigenvalue weighted by molar-refractivity contribution is 9.10. The van der Waals surface area contributed by atoms with Gasteiger partial charge in [-0.25, -0.2) is 4.98 Å². The minimum atomic E-state index is -0.222. The molecule has 7 heteroatoms. The fourth-order valence-corrected chi connectivity index (χ4v) is 3.60. The summed E-state index contributed by atoms with van der Waals surface area (Å²) in [6.45, 7) is 0. The summed E-state index contributed by atoms with van der Waals surface area (Å²) in [6.07, 6.45) is 5.72. The first-order valence-corrected chi connectivity index (χ1v) is 9.12. The Morgan fingerprint density at radius 3 is 2.78 bits per heavy atom. The normalized spacial score (nSPS) is 10.5. The Hall–Kier alpha value is -1.57. The number of thiazole rings is 1. The lowest BCUT2D eigenvalue weighted by atomic mass is 10.1. The molecule has 3 rings (SSSR count). The maximum absolute atomic E-state index is 12.2. The summed E-state index contributed by atoms with van der Waals surface area (Å²) in [5, 5.41) is 3.38. The van der Waals surface area contributed by atoms with Crippen LogP contribution in [-0.2, 0) is 6.42 Å². The monoisotopic (exact) mass is 451 g/mol. The number of pyridine rings is 1. The van der Waals surface area contributed by atoms with Gasteiger partial charge in [0.1, 0.15) is 0 Å². The van der Waals surface area contributed by atoms with E-state index in [1.807, 2.05) is 18.2 Å². The van der Waals surface area contributed by atoms with E-state index in [4.69, 9.17) is 0 Å². The molecule has 1 amide bonds. The number of carbonyl (C=O) groups is 1. The van der Waals surface area contributed by atoms with E-state index in [-0.39, 0.29) is 5.91 Å². The number of nitrogens with zero attached hydrogens (tertiary/aromatic N) is 2. The van der Waals surface area contributed by atoms with E-state index in [0.717, 1.165) is 20.2 Å². The van der Waals surface area contributed by atoms with Crippen LogP contribution in [0.4, 0.5) is 5.13 Å². The molecule has 0 saturated heterocycles. The van der Waals surface area contributed by atoms with Crippen molar-refractivity contribution in [3.05, 3.63) is 73.9 Å². The predicted octanol–water partition coefficient (Wildman–Crippen LogP) is 4.91. The molecule has 0 bridgehead atoms. The first-order valence-electron chi connectivity index (χ1n) is 6.72. The first kappa shape index (κ1) is 16.3. The van der Waals surface area contributed by atoms with Gasteiger partial charge in [0.15, 0.2) is 5.13 Å². The molecular weight excluding hydrogens is 442 g/mol. The van der Waals surface area contributed by atoms with E-state index >= 15 is 0 Å². The lowest BCUT2D eigenvalue weighted by Gasteiger charge is -2.02. The summed E-state index contributed by atoms with van der Waals surface area (Å²) in [5.74, 6) is -0.222. The summed E-state index contributed by atoms with van der Waals surface area (Å²) in [5.41, 5.74) is 1.67. The average molecular weight is 453 g/mol. The lowest BCUT2D eigenvalue weighted by Crippen LogP contribution is -2.11. The maximum atomic E-state index is 12.2. The summed E-state index contributed by atoms with van der Waals surface area (Å²) in [6, 6.07) is 9.79. The summed E-state index contributed by atoms with van der Waals surface area (Å²) < 4.78 is 1.83. The Morgan fingerprint density at radius 1 is 1.17 bits per heavy atom. The standard InChI is InChI=1S/C16H11Br2N3OS/c17-12-5-11(7-19-8-12)15(22)21-16-20-9-13(23-16)6-10-3-1-2-4-14(10)18/h1-5,7-9H,6H2,(H,20,21,22). The van der Waals surface area contributed by atoms with Crippen LogP contribution in [0.15, 0.2) is 57.9 Å². The Labute approximate surface area is 154 Å². The Bertz CT molecular complexity index is 851. The highest BCUT2D eigenvalue weighted by Gasteiger charge is 2.11. The van der Waals surface area contributed by atoms with E-state index in [1.165, 1.54) is 23.1 Å². The SMILES string of the molecule is O=C(Nc1ncc(Cc2ccccc2Br)s1)c1cncc(Br)c1. The van der Waals surface area contributed by atoms with Crippen molar-refractivity contribution < 1.29 is 4.79 Å². The van der Waals surface area contributed by atoms with Crippen LogP contribution in [0.1, 0.15) is 20.8 Å². The topological polar surface area (TPSA) is 54.9 Å². The number of nitrogens with one attached hydrogen (secondary N) is 1. The maximum Gasteiger partial charge on any atom is 0.259 e. The van der Waals surface area contributed by atoms with Gasteiger partial charge in [-0.1, -0.05) is 34.1 Å². The molecule has 0 atom stereocenters. The molecule has 0 unspecified atom stereocenters. The van der Waals surface area contributed by atoms with Crippen LogP contribution in [-0.4, -0.2) is 15.9 Å². The van der Waals surface area contributed by atoms with Gasteiger partial charge in [-0.05, 0) is 33.6 Å². The number of aromatic nitrogens is 2. The number of hydrogen-bond acceptors (Lipinski definition) is 4. The van der Waals surface area contributed by atoms with Gasteiger partial charge in [-0.2, -0.15) is 0 Å². The van der Waals surface area contributed by atoms with Crippen molar-refractivity contribution in [2.75, 3.05) is 5.32 Å². The molecule has 0 spiro atoms. The minimum Gasteiger partial charge on any atom is -0.298 e. The average Bonchev–Trinajstić information content (AvgIpc) is 2.97. The number of carbonyl (C=O) groups excluding carboxylic acids is 1. The van der Waals surface area contributed by atoms with E-state index < -0.39 is 0 Å². The van der Waals surface area contributed by atoms with Crippen molar-refractivity contribution in [1.29, 1.82) is 0 Å². The molecule has 0 aliphatic heterocycles. The van der Waals surface area contributed by atoms with Crippen LogP contribution < -0.4 is 5.32 Å². The second-order valence-electron chi connectivity index (χ2n) is 4.75. The van der Waals surface area contributed by atoms with Crippen LogP contribution in [0.2, 0.25) is 0 Å². The summed E-state index contributed by atoms with van der Waals surface area (Å²) in [7, 11) is 0. The summed E-state index contributed by atoms with van der Waals surface area (Å²) in [4.78, 5) is 21.5. The highest BCUT2D eigenvalue weighted by Crippen LogP contribution is 2.25. The van der Waals surface area contributed by atoms with E-state index in [1.54, 1.807) is 18.5 Å². The smallest absolute Gasteiger partial charge is 0.259 e. The molecule has 4 nitrogen and oxygen atoms in total. The van der Waals surface area contributed by atoms with Crippen LogP contribution in [0.3, 0.4) is 0 Å². The molecule has 0 aliphatic rings. The zero-order valence-electron chi connectivity index (χ0n) is 11.8. The van der Waals surface area contributed by atoms with Crippen LogP contribution in [0.25, 0.3) is 0 Å². The zero-order valence-corrected chi connectivity index (χ0v) is 15.8. The zero-order chi connectivity index (χ0) is 16.2. The largest absolute Gasteiger partial charge is 0.298 e. The third kappa shape index (κ3) is 4.25. The molecule has 0 fully saturated rings. The molecule has 2 aromatic heterocycles. The van der Waals surface area contributed by atoms with Crippen molar-refractivity contribution >= 4 is 54.2 Å². The molecule has 116 valence electrons. The van der Waals surface area contributed by atoms with E-state index in [2.05, 4.69) is 53.2 Å². The molecule has 0 aliphatic carbocycles. The molecule has 3 aromatic rings. The molecule has 0 radical (unpaired) electrons. The number of hydrogen-bond donors (Lipinski definition) is 1. The molecule has 23 heavy (non-hydrogen) atoms. The highest BCUT2D eigenvalue weighted by atomic mass is 79.9. The summed E-state index contributed by atoms with van der Waals surface area (Å²) >= 11 is 8.31. The quantitative estimate of drug-likeness (QED) is 0.612. The Morgan fingerprint density at radius 2 is 2.00 bits per heavy atom. The fourth-order valence-electron chi connectivity index (χ4n) is 1.98. The van der Waals surface area contributed by atoms with E-state index in [9.17, 15) is 4.79 Å². The van der Waals surface area contributed by atoms with Crippen LogP contribution >= 0.6 is 43.2 Å². The van der Waals surface area contributed by atoms with Gasteiger partial charge in [0.05, 0.1) is 5.56 Å². The van der Waals surface area contributed by atoms with Gasteiger partial charge in [0.25, 0.3) is 5.91 Å². The van der Waals surface area contributed by atoms with Crippen molar-refractivity contribution in [3.63, 3.8) is 0 Å². The van der Waals surface area contributed by atoms with Crippen molar-refractivity contribution in [2.45, 2.75) is 6.42 Å². The Kier molecular flexibility index (Phi) is 5.20. The molecule has 1 aromatic carbocycles. The second-order valence-corrected chi connectivity index (χ2v) is 7.63. The number of anilines is 1. The third-order valence-electron chi connectivity index (χ3n) is 3.06. The number of rotatable bonds is 4. The van der Waals surface area contributed by atoms with E-state index in [0.29, 0.717) is 10.7 Å². The number of amides is 1. The van der Waals surface area contributed by atoms with Crippen LogP contribution in [0.5, 0.6) is 0 Å². The minimum absolute atomic E-state index is 0.222. The van der Waals surface area contributed by atoms with Crippen LogP contribution in [0, 0.1) is 0 Å². The lowest BCUT2D eigenvalue weighted by molar-refractivity contribution is 0.102. The molecule has 0 saturated carbocycles. The number of benzene rings is 1. The number of halogens is 2. The Balaban J connectivity index is 1.70. The van der Waals surface area contributed by atoms with Gasteiger partial charge in [0.2, 0.25) is 0 Å². The van der Waals surface area contributed by atoms with Gasteiger partial charge in [-0.15, -0.1) is 11.3 Å².